The summed E-state index contributed by atoms with van der Waals surface area (Å²) in [6.45, 7) is 6.83. The lowest BCUT2D eigenvalue weighted by Crippen LogP contribution is -2.39. The van der Waals surface area contributed by atoms with E-state index in [4.69, 9.17) is 4.74 Å². The molecule has 1 fully saturated rings. The van der Waals surface area contributed by atoms with Crippen LogP contribution in [0.2, 0.25) is 0 Å². The van der Waals surface area contributed by atoms with Gasteiger partial charge in [-0.1, -0.05) is 17.7 Å². The average molecular weight is 534 g/mol. The van der Waals surface area contributed by atoms with Gasteiger partial charge >= 0.3 is 0 Å². The number of rotatable bonds is 6. The zero-order valence-corrected chi connectivity index (χ0v) is 22.0. The van der Waals surface area contributed by atoms with Crippen LogP contribution in [0.25, 0.3) is 10.9 Å². The SMILES string of the molecule is Cc1cc(C)c(OCC(=O)Nc2cnn(C3CCN(C(=O)c4cnc5c(F)c(F)ccc5c4)CC3)c2)c(C)c1. The summed E-state index contributed by atoms with van der Waals surface area (Å²) < 4.78 is 35.0. The smallest absolute Gasteiger partial charge is 0.262 e. The van der Waals surface area contributed by atoms with Crippen LogP contribution in [-0.2, 0) is 4.79 Å². The molecule has 0 aliphatic carbocycles. The number of piperidine rings is 1. The predicted molar refractivity (Wildman–Crippen MR) is 143 cm³/mol. The summed E-state index contributed by atoms with van der Waals surface area (Å²) in [4.78, 5) is 31.2. The van der Waals surface area contributed by atoms with Crippen LogP contribution in [0.15, 0.2) is 48.9 Å². The number of likely N-dealkylation sites (tertiary alicyclic amines) is 1. The van der Waals surface area contributed by atoms with Crippen LogP contribution < -0.4 is 10.1 Å². The molecule has 39 heavy (non-hydrogen) atoms. The van der Waals surface area contributed by atoms with Crippen LogP contribution in [0.4, 0.5) is 14.5 Å². The summed E-state index contributed by atoms with van der Waals surface area (Å²) >= 11 is 0. The molecule has 2 aromatic heterocycles. The number of ether oxygens (including phenoxy) is 1. The van der Waals surface area contributed by atoms with E-state index in [1.807, 2.05) is 37.6 Å². The van der Waals surface area contributed by atoms with Crippen LogP contribution in [0, 0.1) is 32.4 Å². The Morgan fingerprint density at radius 3 is 2.49 bits per heavy atom. The molecule has 3 heterocycles. The van der Waals surface area contributed by atoms with Gasteiger partial charge < -0.3 is 15.0 Å². The molecular weight excluding hydrogens is 504 g/mol. The van der Waals surface area contributed by atoms with E-state index in [-0.39, 0.29) is 30.0 Å². The third-order valence-corrected chi connectivity index (χ3v) is 6.95. The molecule has 8 nitrogen and oxygen atoms in total. The summed E-state index contributed by atoms with van der Waals surface area (Å²) in [5.74, 6) is -1.77. The summed E-state index contributed by atoms with van der Waals surface area (Å²) in [7, 11) is 0. The molecule has 0 bridgehead atoms. The Balaban J connectivity index is 1.15. The molecule has 1 aliphatic heterocycles. The van der Waals surface area contributed by atoms with Gasteiger partial charge in [0.05, 0.1) is 23.5 Å². The van der Waals surface area contributed by atoms with Crippen molar-refractivity contribution < 1.29 is 23.1 Å². The number of amides is 2. The highest BCUT2D eigenvalue weighted by Crippen LogP contribution is 2.27. The van der Waals surface area contributed by atoms with Crippen molar-refractivity contribution in [2.75, 3.05) is 25.0 Å². The van der Waals surface area contributed by atoms with Crippen molar-refractivity contribution in [1.82, 2.24) is 19.7 Å². The second-order valence-electron chi connectivity index (χ2n) is 9.95. The lowest BCUT2D eigenvalue weighted by Gasteiger charge is -2.32. The number of hydrogen-bond acceptors (Lipinski definition) is 5. The molecule has 1 aliphatic rings. The number of hydrogen-bond donors (Lipinski definition) is 1. The van der Waals surface area contributed by atoms with Gasteiger partial charge in [-0.15, -0.1) is 0 Å². The van der Waals surface area contributed by atoms with Gasteiger partial charge in [-0.2, -0.15) is 5.10 Å². The number of carbonyl (C=O) groups excluding carboxylic acids is 2. The number of carbonyl (C=O) groups is 2. The molecule has 0 radical (unpaired) electrons. The first kappa shape index (κ1) is 26.3. The van der Waals surface area contributed by atoms with E-state index in [0.717, 1.165) is 22.8 Å². The lowest BCUT2D eigenvalue weighted by molar-refractivity contribution is -0.118. The van der Waals surface area contributed by atoms with Crippen molar-refractivity contribution in [1.29, 1.82) is 0 Å². The maximum absolute atomic E-state index is 13.9. The number of aromatic nitrogens is 3. The largest absolute Gasteiger partial charge is 0.483 e. The van der Waals surface area contributed by atoms with Crippen LogP contribution in [0.1, 0.15) is 45.9 Å². The maximum Gasteiger partial charge on any atom is 0.262 e. The first-order valence-corrected chi connectivity index (χ1v) is 12.8. The number of anilines is 1. The Labute approximate surface area is 224 Å². The van der Waals surface area contributed by atoms with E-state index in [1.165, 1.54) is 18.3 Å². The number of nitrogens with one attached hydrogen (secondary N) is 1. The van der Waals surface area contributed by atoms with Crippen molar-refractivity contribution in [3.8, 4) is 5.75 Å². The fourth-order valence-corrected chi connectivity index (χ4v) is 5.11. The number of fused-ring (bicyclic) bond motifs is 1. The number of benzene rings is 2. The molecule has 5 rings (SSSR count). The highest BCUT2D eigenvalue weighted by Gasteiger charge is 2.26. The molecule has 4 aromatic rings. The Morgan fingerprint density at radius 2 is 1.77 bits per heavy atom. The monoisotopic (exact) mass is 533 g/mol. The first-order valence-electron chi connectivity index (χ1n) is 12.8. The fraction of sp³-hybridized carbons (Fsp3) is 0.310. The van der Waals surface area contributed by atoms with Crippen molar-refractivity contribution in [2.45, 2.75) is 39.7 Å². The van der Waals surface area contributed by atoms with Gasteiger partial charge in [0.25, 0.3) is 11.8 Å². The van der Waals surface area contributed by atoms with Crippen molar-refractivity contribution >= 4 is 28.4 Å². The normalized spacial score (nSPS) is 14.0. The second-order valence-corrected chi connectivity index (χ2v) is 9.95. The minimum absolute atomic E-state index is 0.0700. The van der Waals surface area contributed by atoms with Crippen LogP contribution in [0.3, 0.4) is 0 Å². The van der Waals surface area contributed by atoms with Crippen LogP contribution in [0.5, 0.6) is 5.75 Å². The zero-order chi connectivity index (χ0) is 27.7. The molecular formula is C29H29F2N5O3. The van der Waals surface area contributed by atoms with Gasteiger partial charge in [-0.25, -0.2) is 8.78 Å². The quantitative estimate of drug-likeness (QED) is 0.371. The summed E-state index contributed by atoms with van der Waals surface area (Å²) in [6.07, 6.45) is 6.02. The molecule has 0 spiro atoms. The molecule has 1 N–H and O–H groups in total. The van der Waals surface area contributed by atoms with E-state index in [2.05, 4.69) is 15.4 Å². The van der Waals surface area contributed by atoms with Gasteiger partial charge in [0.15, 0.2) is 18.2 Å². The van der Waals surface area contributed by atoms with E-state index in [9.17, 15) is 18.4 Å². The molecule has 10 heteroatoms. The van der Waals surface area contributed by atoms with Crippen LogP contribution in [-0.4, -0.2) is 51.2 Å². The van der Waals surface area contributed by atoms with Gasteiger partial charge in [0, 0.05) is 30.9 Å². The average Bonchev–Trinajstić information content (AvgIpc) is 3.38. The maximum atomic E-state index is 13.9. The van der Waals surface area contributed by atoms with Crippen molar-refractivity contribution in [2.24, 2.45) is 0 Å². The molecule has 2 aromatic carbocycles. The van der Waals surface area contributed by atoms with E-state index >= 15 is 0 Å². The molecule has 0 unspecified atom stereocenters. The molecule has 0 saturated carbocycles. The Kier molecular flexibility index (Phi) is 7.28. The summed E-state index contributed by atoms with van der Waals surface area (Å²) in [6, 6.07) is 8.08. The third-order valence-electron chi connectivity index (χ3n) is 6.95. The third kappa shape index (κ3) is 5.59. The number of nitrogens with zero attached hydrogens (tertiary/aromatic N) is 4. The topological polar surface area (TPSA) is 89.4 Å². The van der Waals surface area contributed by atoms with Gasteiger partial charge in [-0.05, 0) is 62.9 Å². The van der Waals surface area contributed by atoms with Gasteiger partial charge in [-0.3, -0.25) is 19.3 Å². The predicted octanol–water partition coefficient (Wildman–Crippen LogP) is 5.13. The zero-order valence-electron chi connectivity index (χ0n) is 22.0. The van der Waals surface area contributed by atoms with Gasteiger partial charge in [0.1, 0.15) is 11.3 Å². The first-order chi connectivity index (χ1) is 18.7. The van der Waals surface area contributed by atoms with Gasteiger partial charge in [0.2, 0.25) is 0 Å². The Morgan fingerprint density at radius 1 is 1.05 bits per heavy atom. The summed E-state index contributed by atoms with van der Waals surface area (Å²) in [5, 5.41) is 7.60. The standard InChI is InChI=1S/C29H29F2N5O3/c1-17-10-18(2)28(19(3)11-17)39-16-25(37)34-22-14-33-36(15-22)23-6-8-35(9-7-23)29(38)21-12-20-4-5-24(30)26(31)27(20)32-13-21/h4-5,10-15,23H,6-9,16H2,1-3H3,(H,34,37). The molecule has 2 amide bonds. The highest BCUT2D eigenvalue weighted by atomic mass is 19.2. The molecule has 0 atom stereocenters. The van der Waals surface area contributed by atoms with E-state index in [0.29, 0.717) is 48.3 Å². The Hall–Kier alpha value is -4.34. The van der Waals surface area contributed by atoms with E-state index < -0.39 is 11.6 Å². The number of halogens is 2. The number of pyridine rings is 1. The fourth-order valence-electron chi connectivity index (χ4n) is 5.11. The second kappa shape index (κ2) is 10.8. The minimum Gasteiger partial charge on any atom is -0.483 e. The molecule has 1 saturated heterocycles. The summed E-state index contributed by atoms with van der Waals surface area (Å²) in [5.41, 5.74) is 3.92. The lowest BCUT2D eigenvalue weighted by atomic mass is 10.0. The number of aryl methyl sites for hydroxylation is 3. The van der Waals surface area contributed by atoms with E-state index in [1.54, 1.807) is 17.3 Å². The highest BCUT2D eigenvalue weighted by molar-refractivity contribution is 5.97. The van der Waals surface area contributed by atoms with Crippen molar-refractivity contribution in [3.05, 3.63) is 82.8 Å². The van der Waals surface area contributed by atoms with Crippen molar-refractivity contribution in [3.63, 3.8) is 0 Å². The Bertz CT molecular complexity index is 1540. The van der Waals surface area contributed by atoms with Crippen LogP contribution >= 0.6 is 0 Å². The minimum atomic E-state index is -1.02. The molecule has 202 valence electrons.